The number of aromatic nitrogens is 1. The summed E-state index contributed by atoms with van der Waals surface area (Å²) < 4.78 is 29.7. The highest BCUT2D eigenvalue weighted by atomic mass is 16.3. The second kappa shape index (κ2) is 6.95. The van der Waals surface area contributed by atoms with Gasteiger partial charge in [-0.1, -0.05) is 51.1 Å². The van der Waals surface area contributed by atoms with Gasteiger partial charge in [-0.05, 0) is 66.6 Å². The van der Waals surface area contributed by atoms with Crippen molar-refractivity contribution in [3.8, 4) is 11.3 Å². The monoisotopic (exact) mass is 435 g/mol. The van der Waals surface area contributed by atoms with Crippen molar-refractivity contribution in [1.29, 1.82) is 0 Å². The molecule has 0 N–H and O–H groups in total. The Labute approximate surface area is 195 Å². The number of para-hydroxylation sites is 1. The summed E-state index contributed by atoms with van der Waals surface area (Å²) in [5.74, 6) is 0. The van der Waals surface area contributed by atoms with Crippen LogP contribution >= 0.6 is 0 Å². The largest absolute Gasteiger partial charge is 0.455 e. The van der Waals surface area contributed by atoms with Crippen molar-refractivity contribution in [2.45, 2.75) is 41.0 Å². The van der Waals surface area contributed by atoms with E-state index in [1.54, 1.807) is 6.20 Å². The smallest absolute Gasteiger partial charge is 0.153 e. The maximum atomic E-state index is 8.63. The normalized spacial score (nSPS) is 13.8. The number of rotatable bonds is 2. The first-order valence-corrected chi connectivity index (χ1v) is 11.3. The minimum absolute atomic E-state index is 0.538. The summed E-state index contributed by atoms with van der Waals surface area (Å²) in [4.78, 5) is 4.72. The van der Waals surface area contributed by atoms with Crippen molar-refractivity contribution in [3.05, 3.63) is 77.5 Å². The number of nitrogens with zero attached hydrogens (tertiary/aromatic N) is 1. The standard InChI is InChI=1S/C30H27NO2/c1-17-11-18(2)28-22-8-6-7-21(29(22)33-26(28)12-17)24-14-23-20-10-9-19(15-30(3,4)5)13-25(20)32-27(23)16-31-24/h6-14,16H,15H2,1-5H3/i15D2. The van der Waals surface area contributed by atoms with Crippen LogP contribution in [0.1, 0.15) is 40.2 Å². The van der Waals surface area contributed by atoms with E-state index >= 15 is 0 Å². The maximum absolute atomic E-state index is 8.63. The van der Waals surface area contributed by atoms with Crippen molar-refractivity contribution >= 4 is 43.9 Å². The molecule has 0 aliphatic heterocycles. The number of hydrogen-bond acceptors (Lipinski definition) is 3. The van der Waals surface area contributed by atoms with Gasteiger partial charge in [-0.25, -0.2) is 0 Å². The Morgan fingerprint density at radius 1 is 0.848 bits per heavy atom. The van der Waals surface area contributed by atoms with Crippen molar-refractivity contribution in [2.75, 3.05) is 0 Å². The maximum Gasteiger partial charge on any atom is 0.153 e. The van der Waals surface area contributed by atoms with E-state index in [4.69, 9.17) is 16.6 Å². The minimum atomic E-state index is -1.49. The zero-order valence-corrected chi connectivity index (χ0v) is 19.5. The molecule has 0 aliphatic carbocycles. The van der Waals surface area contributed by atoms with Gasteiger partial charge in [-0.2, -0.15) is 0 Å². The summed E-state index contributed by atoms with van der Waals surface area (Å²) in [6, 6.07) is 18.1. The molecule has 33 heavy (non-hydrogen) atoms. The van der Waals surface area contributed by atoms with Crippen molar-refractivity contribution in [1.82, 2.24) is 4.98 Å². The van der Waals surface area contributed by atoms with E-state index in [0.717, 1.165) is 44.0 Å². The zero-order chi connectivity index (χ0) is 24.7. The fraction of sp³-hybridized carbons (Fsp3) is 0.233. The lowest BCUT2D eigenvalue weighted by Crippen LogP contribution is -2.08. The Balaban J connectivity index is 1.54. The number of benzene rings is 3. The highest BCUT2D eigenvalue weighted by Crippen LogP contribution is 2.39. The second-order valence-electron chi connectivity index (χ2n) is 9.99. The molecule has 0 saturated heterocycles. The molecule has 164 valence electrons. The third-order valence-electron chi connectivity index (χ3n) is 6.09. The van der Waals surface area contributed by atoms with E-state index < -0.39 is 11.8 Å². The van der Waals surface area contributed by atoms with Crippen LogP contribution in [0.25, 0.3) is 55.1 Å². The molecule has 0 fully saturated rings. The Morgan fingerprint density at radius 2 is 1.70 bits per heavy atom. The van der Waals surface area contributed by atoms with Crippen molar-refractivity contribution < 1.29 is 11.6 Å². The minimum Gasteiger partial charge on any atom is -0.455 e. The summed E-state index contributed by atoms with van der Waals surface area (Å²) >= 11 is 0. The number of pyridine rings is 1. The first-order valence-electron chi connectivity index (χ1n) is 12.3. The average molecular weight is 436 g/mol. The van der Waals surface area contributed by atoms with Gasteiger partial charge >= 0.3 is 0 Å². The van der Waals surface area contributed by atoms with Gasteiger partial charge in [-0.3, -0.25) is 4.98 Å². The lowest BCUT2D eigenvalue weighted by Gasteiger charge is -2.17. The van der Waals surface area contributed by atoms with Gasteiger partial charge in [0.1, 0.15) is 16.7 Å². The second-order valence-corrected chi connectivity index (χ2v) is 9.99. The molecule has 3 heteroatoms. The van der Waals surface area contributed by atoms with Crippen LogP contribution in [0.3, 0.4) is 0 Å². The Hall–Kier alpha value is -3.59. The molecule has 3 heterocycles. The number of fused-ring (bicyclic) bond motifs is 6. The first-order chi connectivity index (χ1) is 16.5. The van der Waals surface area contributed by atoms with Crippen molar-refractivity contribution in [3.63, 3.8) is 0 Å². The third-order valence-corrected chi connectivity index (χ3v) is 6.09. The van der Waals surface area contributed by atoms with Crippen molar-refractivity contribution in [2.24, 2.45) is 5.41 Å². The Morgan fingerprint density at radius 3 is 2.52 bits per heavy atom. The van der Waals surface area contributed by atoms with Crippen LogP contribution < -0.4 is 0 Å². The van der Waals surface area contributed by atoms with E-state index in [2.05, 4.69) is 32.0 Å². The van der Waals surface area contributed by atoms with Gasteiger partial charge in [0, 0.05) is 29.8 Å². The average Bonchev–Trinajstić information content (AvgIpc) is 3.35. The summed E-state index contributed by atoms with van der Waals surface area (Å²) in [5, 5.41) is 4.12. The summed E-state index contributed by atoms with van der Waals surface area (Å²) in [7, 11) is 0. The summed E-state index contributed by atoms with van der Waals surface area (Å²) in [6.45, 7) is 9.93. The first kappa shape index (κ1) is 17.9. The fourth-order valence-corrected chi connectivity index (χ4v) is 4.85. The van der Waals surface area contributed by atoms with E-state index in [9.17, 15) is 0 Å². The van der Waals surface area contributed by atoms with Crippen LogP contribution in [-0.4, -0.2) is 4.98 Å². The lowest BCUT2D eigenvalue weighted by molar-refractivity contribution is 0.411. The van der Waals surface area contributed by atoms with Crippen LogP contribution in [0.15, 0.2) is 69.6 Å². The molecule has 0 radical (unpaired) electrons. The molecule has 0 unspecified atom stereocenters. The molecule has 0 aliphatic rings. The zero-order valence-electron chi connectivity index (χ0n) is 21.5. The van der Waals surface area contributed by atoms with Crippen LogP contribution in [0.2, 0.25) is 0 Å². The van der Waals surface area contributed by atoms with Crippen LogP contribution in [0, 0.1) is 19.3 Å². The molecule has 6 aromatic rings. The van der Waals surface area contributed by atoms with E-state index in [1.807, 2.05) is 57.2 Å². The summed E-state index contributed by atoms with van der Waals surface area (Å²) in [5.41, 5.74) is 7.27. The molecular weight excluding hydrogens is 406 g/mol. The molecule has 0 bridgehead atoms. The SMILES string of the molecule is [2H]C([2H])(c1ccc2c(c1)oc1cnc(-c3cccc4c3oc3cc(C)cc(C)c34)cc12)C(C)(C)C. The fourth-order valence-electron chi connectivity index (χ4n) is 4.85. The van der Waals surface area contributed by atoms with Gasteiger partial charge in [-0.15, -0.1) is 0 Å². The van der Waals surface area contributed by atoms with E-state index in [0.29, 0.717) is 16.7 Å². The molecule has 6 rings (SSSR count). The summed E-state index contributed by atoms with van der Waals surface area (Å²) in [6.07, 6.45) is 0.261. The van der Waals surface area contributed by atoms with Gasteiger partial charge in [0.05, 0.1) is 11.9 Å². The predicted octanol–water partition coefficient (Wildman–Crippen LogP) is 8.75. The molecule has 3 aromatic carbocycles. The Kier molecular flexibility index (Phi) is 3.77. The molecule has 0 amide bonds. The third kappa shape index (κ3) is 3.31. The Bertz CT molecular complexity index is 1780. The van der Waals surface area contributed by atoms with Crippen LogP contribution in [0.5, 0.6) is 0 Å². The molecule has 0 atom stereocenters. The number of aryl methyl sites for hydroxylation is 2. The van der Waals surface area contributed by atoms with Gasteiger partial charge in [0.2, 0.25) is 0 Å². The molecule has 0 saturated carbocycles. The van der Waals surface area contributed by atoms with Gasteiger partial charge < -0.3 is 8.83 Å². The topological polar surface area (TPSA) is 39.2 Å². The molecule has 3 aromatic heterocycles. The number of furan rings is 2. The molecular formula is C30H27NO2. The highest BCUT2D eigenvalue weighted by Gasteiger charge is 2.17. The van der Waals surface area contributed by atoms with Crippen LogP contribution in [-0.2, 0) is 6.37 Å². The lowest BCUT2D eigenvalue weighted by atomic mass is 9.88. The highest BCUT2D eigenvalue weighted by molar-refractivity contribution is 6.12. The van der Waals surface area contributed by atoms with Gasteiger partial charge in [0.15, 0.2) is 5.58 Å². The molecule has 0 spiro atoms. The molecule has 3 nitrogen and oxygen atoms in total. The van der Waals surface area contributed by atoms with E-state index in [-0.39, 0.29) is 0 Å². The predicted molar refractivity (Wildman–Crippen MR) is 137 cm³/mol. The van der Waals surface area contributed by atoms with Gasteiger partial charge in [0.25, 0.3) is 0 Å². The quantitative estimate of drug-likeness (QED) is 0.273. The van der Waals surface area contributed by atoms with Crippen LogP contribution in [0.4, 0.5) is 0 Å². The number of hydrogen-bond donors (Lipinski definition) is 0. The van der Waals surface area contributed by atoms with E-state index in [1.165, 1.54) is 11.1 Å².